The van der Waals surface area contributed by atoms with Crippen LogP contribution in [-0.2, 0) is 11.3 Å². The van der Waals surface area contributed by atoms with Gasteiger partial charge in [-0.1, -0.05) is 11.8 Å². The molecule has 0 aliphatic carbocycles. The van der Waals surface area contributed by atoms with Gasteiger partial charge in [-0.2, -0.15) is 0 Å². The first kappa shape index (κ1) is 16.3. The Kier molecular flexibility index (Phi) is 4.66. The predicted molar refractivity (Wildman–Crippen MR) is 88.2 cm³/mol. The smallest absolute Gasteiger partial charge is 0.259 e. The number of amides is 1. The maximum absolute atomic E-state index is 13.2. The van der Waals surface area contributed by atoms with Gasteiger partial charge in [0, 0.05) is 0 Å². The number of H-pyrrole nitrogens is 1. The van der Waals surface area contributed by atoms with Gasteiger partial charge >= 0.3 is 0 Å². The lowest BCUT2D eigenvalue weighted by Crippen LogP contribution is -2.30. The van der Waals surface area contributed by atoms with Crippen LogP contribution in [-0.4, -0.2) is 21.1 Å². The van der Waals surface area contributed by atoms with Gasteiger partial charge in [-0.05, 0) is 37.3 Å². The predicted octanol–water partition coefficient (Wildman–Crippen LogP) is 2.45. The quantitative estimate of drug-likeness (QED) is 0.547. The van der Waals surface area contributed by atoms with E-state index in [0.717, 1.165) is 17.8 Å². The number of aromatic nitrogens is 2. The number of nitrogens with one attached hydrogen (secondary N) is 2. The third kappa shape index (κ3) is 3.65. The molecule has 2 heterocycles. The molecule has 3 aromatic rings. The van der Waals surface area contributed by atoms with Gasteiger partial charge in [0.1, 0.15) is 11.6 Å². The highest BCUT2D eigenvalue weighted by atomic mass is 32.2. The van der Waals surface area contributed by atoms with E-state index >= 15 is 0 Å². The van der Waals surface area contributed by atoms with Gasteiger partial charge in [0.15, 0.2) is 5.16 Å². The van der Waals surface area contributed by atoms with E-state index in [-0.39, 0.29) is 17.8 Å². The van der Waals surface area contributed by atoms with E-state index in [2.05, 4.69) is 15.3 Å². The average molecular weight is 347 g/mol. The summed E-state index contributed by atoms with van der Waals surface area (Å²) in [6, 6.07) is 7.31. The van der Waals surface area contributed by atoms with Crippen molar-refractivity contribution >= 4 is 28.6 Å². The van der Waals surface area contributed by atoms with Crippen LogP contribution in [0, 0.1) is 5.82 Å². The Morgan fingerprint density at radius 2 is 2.29 bits per heavy atom. The van der Waals surface area contributed by atoms with Crippen LogP contribution in [0.25, 0.3) is 10.9 Å². The molecule has 0 aliphatic heterocycles. The number of halogens is 1. The maximum atomic E-state index is 13.2. The number of thioether (sulfide) groups is 1. The number of benzene rings is 1. The summed E-state index contributed by atoms with van der Waals surface area (Å²) in [4.78, 5) is 30.9. The monoisotopic (exact) mass is 347 g/mol. The molecule has 3 rings (SSSR count). The van der Waals surface area contributed by atoms with E-state index in [1.165, 1.54) is 18.4 Å². The molecular formula is C16H14FN3O3S. The molecule has 24 heavy (non-hydrogen) atoms. The number of carbonyl (C=O) groups is 1. The van der Waals surface area contributed by atoms with Crippen LogP contribution in [0.4, 0.5) is 4.39 Å². The van der Waals surface area contributed by atoms with Crippen LogP contribution >= 0.6 is 11.8 Å². The molecule has 0 aliphatic rings. The molecule has 0 fully saturated rings. The van der Waals surface area contributed by atoms with Gasteiger partial charge in [0.05, 0.1) is 29.0 Å². The number of furan rings is 1. The topological polar surface area (TPSA) is 88.0 Å². The van der Waals surface area contributed by atoms with Crippen molar-refractivity contribution in [2.24, 2.45) is 0 Å². The van der Waals surface area contributed by atoms with Crippen molar-refractivity contribution in [3.8, 4) is 0 Å². The lowest BCUT2D eigenvalue weighted by molar-refractivity contribution is -0.120. The second-order valence-electron chi connectivity index (χ2n) is 5.09. The standard InChI is InChI=1S/C16H14FN3O3S/c1-9(14(21)18-8-11-3-2-6-23-11)24-16-19-13-5-4-10(17)7-12(13)15(22)20-16/h2-7,9H,8H2,1H3,(H,18,21)(H,19,20,22). The lowest BCUT2D eigenvalue weighted by Gasteiger charge is -2.11. The molecule has 0 spiro atoms. The van der Waals surface area contributed by atoms with E-state index in [1.54, 1.807) is 19.1 Å². The zero-order valence-corrected chi connectivity index (χ0v) is 13.5. The first-order valence-electron chi connectivity index (χ1n) is 7.19. The first-order chi connectivity index (χ1) is 11.5. The van der Waals surface area contributed by atoms with Crippen LogP contribution in [0.2, 0.25) is 0 Å². The van der Waals surface area contributed by atoms with Crippen LogP contribution in [0.15, 0.2) is 51.0 Å². The van der Waals surface area contributed by atoms with Gasteiger partial charge in [-0.25, -0.2) is 9.37 Å². The summed E-state index contributed by atoms with van der Waals surface area (Å²) >= 11 is 1.12. The summed E-state index contributed by atoms with van der Waals surface area (Å²) in [7, 11) is 0. The Hall–Kier alpha value is -2.61. The SMILES string of the molecule is CC(Sc1nc2ccc(F)cc2c(=O)[nH]1)C(=O)NCc1ccco1. The number of hydrogen-bond acceptors (Lipinski definition) is 5. The summed E-state index contributed by atoms with van der Waals surface area (Å²) in [5.41, 5.74) is -0.0592. The molecule has 2 aromatic heterocycles. The van der Waals surface area contributed by atoms with E-state index in [9.17, 15) is 14.0 Å². The molecule has 0 bridgehead atoms. The summed E-state index contributed by atoms with van der Waals surface area (Å²) < 4.78 is 18.3. The van der Waals surface area contributed by atoms with Gasteiger partial charge < -0.3 is 14.7 Å². The minimum absolute atomic E-state index is 0.175. The van der Waals surface area contributed by atoms with Crippen molar-refractivity contribution in [2.45, 2.75) is 23.9 Å². The van der Waals surface area contributed by atoms with Crippen LogP contribution in [0.3, 0.4) is 0 Å². The number of rotatable bonds is 5. The fourth-order valence-electron chi connectivity index (χ4n) is 2.10. The highest BCUT2D eigenvalue weighted by Crippen LogP contribution is 2.20. The van der Waals surface area contributed by atoms with Crippen LogP contribution in [0.5, 0.6) is 0 Å². The molecule has 0 radical (unpaired) electrons. The number of carbonyl (C=O) groups excluding carboxylic acids is 1. The van der Waals surface area contributed by atoms with E-state index in [4.69, 9.17) is 4.42 Å². The van der Waals surface area contributed by atoms with E-state index in [0.29, 0.717) is 16.4 Å². The Labute approximate surface area is 140 Å². The van der Waals surface area contributed by atoms with Crippen molar-refractivity contribution in [3.05, 3.63) is 58.5 Å². The van der Waals surface area contributed by atoms with Crippen molar-refractivity contribution in [1.82, 2.24) is 15.3 Å². The number of fused-ring (bicyclic) bond motifs is 1. The Morgan fingerprint density at radius 1 is 1.46 bits per heavy atom. The van der Waals surface area contributed by atoms with Crippen LogP contribution < -0.4 is 10.9 Å². The highest BCUT2D eigenvalue weighted by Gasteiger charge is 2.16. The van der Waals surface area contributed by atoms with Crippen molar-refractivity contribution < 1.29 is 13.6 Å². The molecule has 0 saturated heterocycles. The minimum Gasteiger partial charge on any atom is -0.467 e. The van der Waals surface area contributed by atoms with Crippen molar-refractivity contribution in [2.75, 3.05) is 0 Å². The second kappa shape index (κ2) is 6.88. The maximum Gasteiger partial charge on any atom is 0.259 e. The Balaban J connectivity index is 1.70. The van der Waals surface area contributed by atoms with Gasteiger partial charge in [-0.15, -0.1) is 0 Å². The Morgan fingerprint density at radius 3 is 3.04 bits per heavy atom. The van der Waals surface area contributed by atoms with Gasteiger partial charge in [0.25, 0.3) is 5.56 Å². The molecule has 8 heteroatoms. The molecule has 2 N–H and O–H groups in total. The minimum atomic E-state index is -0.499. The van der Waals surface area contributed by atoms with Gasteiger partial charge in [0.2, 0.25) is 5.91 Å². The molecule has 1 unspecified atom stereocenters. The molecule has 1 atom stereocenters. The normalized spacial score (nSPS) is 12.2. The van der Waals surface area contributed by atoms with Gasteiger partial charge in [-0.3, -0.25) is 9.59 Å². The number of aromatic amines is 1. The largest absolute Gasteiger partial charge is 0.467 e. The van der Waals surface area contributed by atoms with E-state index in [1.807, 2.05) is 0 Å². The third-order valence-electron chi connectivity index (χ3n) is 3.32. The molecule has 1 amide bonds. The molecule has 124 valence electrons. The summed E-state index contributed by atoms with van der Waals surface area (Å²) in [5.74, 6) is -0.0565. The average Bonchev–Trinajstić information content (AvgIpc) is 3.07. The molecule has 6 nitrogen and oxygen atoms in total. The molecular weight excluding hydrogens is 333 g/mol. The van der Waals surface area contributed by atoms with Crippen LogP contribution in [0.1, 0.15) is 12.7 Å². The van der Waals surface area contributed by atoms with E-state index < -0.39 is 16.6 Å². The van der Waals surface area contributed by atoms with Crippen molar-refractivity contribution in [1.29, 1.82) is 0 Å². The third-order valence-corrected chi connectivity index (χ3v) is 4.30. The zero-order valence-electron chi connectivity index (χ0n) is 12.7. The zero-order chi connectivity index (χ0) is 17.1. The lowest BCUT2D eigenvalue weighted by atomic mass is 10.2. The molecule has 0 saturated carbocycles. The first-order valence-corrected chi connectivity index (χ1v) is 8.07. The molecule has 1 aromatic carbocycles. The second-order valence-corrected chi connectivity index (χ2v) is 6.42. The Bertz CT molecular complexity index is 924. The van der Waals surface area contributed by atoms with Crippen molar-refractivity contribution in [3.63, 3.8) is 0 Å². The summed E-state index contributed by atoms with van der Waals surface area (Å²) in [5, 5.41) is 2.75. The fraction of sp³-hybridized carbons (Fsp3) is 0.188. The highest BCUT2D eigenvalue weighted by molar-refractivity contribution is 8.00. The fourth-order valence-corrected chi connectivity index (χ4v) is 2.93. The summed E-state index contributed by atoms with van der Waals surface area (Å²) in [6.45, 7) is 1.99. The summed E-state index contributed by atoms with van der Waals surface area (Å²) in [6.07, 6.45) is 1.53. The number of nitrogens with zero attached hydrogens (tertiary/aromatic N) is 1. The number of hydrogen-bond donors (Lipinski definition) is 2.